The molecule has 166 valence electrons. The molecular formula is C17H28F2N4O6. The summed E-state index contributed by atoms with van der Waals surface area (Å²) < 4.78 is 41.2. The summed E-state index contributed by atoms with van der Waals surface area (Å²) in [6.45, 7) is 3.26. The molecule has 1 amide bonds. The van der Waals surface area contributed by atoms with E-state index in [2.05, 4.69) is 15.6 Å². The van der Waals surface area contributed by atoms with E-state index in [9.17, 15) is 19.4 Å². The van der Waals surface area contributed by atoms with E-state index >= 15 is 4.39 Å². The van der Waals surface area contributed by atoms with E-state index < -0.39 is 60.9 Å². The number of amides is 1. The molecule has 1 aliphatic heterocycles. The second-order valence-corrected chi connectivity index (χ2v) is 7.51. The minimum absolute atomic E-state index is 0.0748. The Morgan fingerprint density at radius 2 is 2.14 bits per heavy atom. The van der Waals surface area contributed by atoms with Gasteiger partial charge in [-0.25, -0.2) is 13.5 Å². The smallest absolute Gasteiger partial charge is 0.240 e. The first-order valence-electron chi connectivity index (χ1n) is 9.21. The first-order valence-corrected chi connectivity index (χ1v) is 9.21. The minimum Gasteiger partial charge on any atom is -0.394 e. The number of aliphatic hydroxyl groups excluding tert-OH is 3. The molecule has 2 rings (SSSR count). The van der Waals surface area contributed by atoms with E-state index in [1.54, 1.807) is 13.8 Å². The van der Waals surface area contributed by atoms with Crippen molar-refractivity contribution in [1.82, 2.24) is 20.3 Å². The van der Waals surface area contributed by atoms with Crippen molar-refractivity contribution in [1.29, 1.82) is 0 Å². The van der Waals surface area contributed by atoms with Crippen molar-refractivity contribution in [3.63, 3.8) is 0 Å². The molecule has 1 aromatic heterocycles. The molecule has 0 aliphatic carbocycles. The third-order valence-electron chi connectivity index (χ3n) is 4.79. The molecule has 1 aliphatic rings. The average Bonchev–Trinajstić information content (AvgIpc) is 3.11. The van der Waals surface area contributed by atoms with Crippen LogP contribution in [0, 0.1) is 5.92 Å². The molecule has 0 bridgehead atoms. The van der Waals surface area contributed by atoms with E-state index in [-0.39, 0.29) is 6.61 Å². The van der Waals surface area contributed by atoms with Gasteiger partial charge in [0.25, 0.3) is 0 Å². The van der Waals surface area contributed by atoms with E-state index in [0.29, 0.717) is 5.69 Å². The fourth-order valence-electron chi connectivity index (χ4n) is 3.17. The number of nitrogens with one attached hydrogen (secondary N) is 1. The van der Waals surface area contributed by atoms with E-state index in [1.807, 2.05) is 0 Å². The van der Waals surface area contributed by atoms with Crippen LogP contribution in [0.25, 0.3) is 0 Å². The second kappa shape index (κ2) is 9.39. The highest BCUT2D eigenvalue weighted by atomic mass is 19.2. The molecular weight excluding hydrogens is 394 g/mol. The summed E-state index contributed by atoms with van der Waals surface area (Å²) in [4.78, 5) is 12.3. The standard InChI is InChI=1S/C17H28F2N4O6/c1-8(2)16(27)20-11-12(23-5-9(7-28-4)21-22-23)15(18)17(3,19)29-14(11)13(26)10(25)6-24/h5,8,10-15,24-26H,6-7H2,1-4H3,(H,20,27)/t10-,11-,12-,13-,14-,15?,17?/m1/s1. The third kappa shape index (κ3) is 5.07. The Kier molecular flexibility index (Phi) is 7.62. The van der Waals surface area contributed by atoms with Crippen molar-refractivity contribution in [2.75, 3.05) is 13.7 Å². The van der Waals surface area contributed by atoms with Crippen molar-refractivity contribution in [2.24, 2.45) is 5.92 Å². The number of aromatic nitrogens is 3. The van der Waals surface area contributed by atoms with Gasteiger partial charge in [-0.15, -0.1) is 5.10 Å². The molecule has 0 spiro atoms. The van der Waals surface area contributed by atoms with Crippen LogP contribution in [0.1, 0.15) is 32.5 Å². The van der Waals surface area contributed by atoms with Gasteiger partial charge < -0.3 is 30.1 Å². The maximum Gasteiger partial charge on any atom is 0.240 e. The summed E-state index contributed by atoms with van der Waals surface area (Å²) in [5.41, 5.74) is 0.341. The number of hydrogen-bond acceptors (Lipinski definition) is 8. The fraction of sp³-hybridized carbons (Fsp3) is 0.824. The summed E-state index contributed by atoms with van der Waals surface area (Å²) in [6, 6.07) is -2.78. The van der Waals surface area contributed by atoms with Crippen LogP contribution in [-0.4, -0.2) is 86.3 Å². The van der Waals surface area contributed by atoms with E-state index in [1.165, 1.54) is 13.3 Å². The summed E-state index contributed by atoms with van der Waals surface area (Å²) in [5.74, 6) is -3.89. The molecule has 0 aromatic carbocycles. The normalized spacial score (nSPS) is 32.2. The van der Waals surface area contributed by atoms with Gasteiger partial charge in [0.1, 0.15) is 30.0 Å². The number of carbonyl (C=O) groups excluding carboxylic acids is 1. The maximum atomic E-state index is 15.2. The largest absolute Gasteiger partial charge is 0.394 e. The number of ether oxygens (including phenoxy) is 2. The first-order chi connectivity index (χ1) is 13.5. The lowest BCUT2D eigenvalue weighted by atomic mass is 9.86. The Balaban J connectivity index is 2.50. The number of methoxy groups -OCH3 is 1. The first kappa shape index (κ1) is 23.5. The zero-order valence-corrected chi connectivity index (χ0v) is 16.7. The molecule has 10 nitrogen and oxygen atoms in total. The highest BCUT2D eigenvalue weighted by molar-refractivity contribution is 5.78. The van der Waals surface area contributed by atoms with Gasteiger partial charge in [-0.2, -0.15) is 0 Å². The Morgan fingerprint density at radius 3 is 2.69 bits per heavy atom. The second-order valence-electron chi connectivity index (χ2n) is 7.51. The molecule has 29 heavy (non-hydrogen) atoms. The summed E-state index contributed by atoms with van der Waals surface area (Å²) in [7, 11) is 1.43. The Hall–Kier alpha value is -1.73. The molecule has 2 heterocycles. The quantitative estimate of drug-likeness (QED) is 0.429. The van der Waals surface area contributed by atoms with Crippen molar-refractivity contribution in [2.45, 2.75) is 69.8 Å². The Morgan fingerprint density at radius 1 is 1.48 bits per heavy atom. The SMILES string of the molecule is COCc1cn([C@H]2C(F)C(C)(F)O[C@@H]([C@H](O)[C@H](O)CO)[C@@H]2NC(=O)C(C)C)nn1. The highest BCUT2D eigenvalue weighted by Gasteiger charge is 2.57. The number of hydrogen-bond donors (Lipinski definition) is 4. The van der Waals surface area contributed by atoms with Crippen LogP contribution in [0.2, 0.25) is 0 Å². The number of nitrogens with zero attached hydrogens (tertiary/aromatic N) is 3. The summed E-state index contributed by atoms with van der Waals surface area (Å²) in [6.07, 6.45) is -6.06. The number of carbonyl (C=O) groups is 1. The zero-order valence-electron chi connectivity index (χ0n) is 16.7. The third-order valence-corrected chi connectivity index (χ3v) is 4.79. The van der Waals surface area contributed by atoms with E-state index in [0.717, 1.165) is 11.6 Å². The summed E-state index contributed by atoms with van der Waals surface area (Å²) >= 11 is 0. The van der Waals surface area contributed by atoms with Crippen LogP contribution in [0.15, 0.2) is 6.20 Å². The van der Waals surface area contributed by atoms with E-state index in [4.69, 9.17) is 14.6 Å². The lowest BCUT2D eigenvalue weighted by molar-refractivity contribution is -0.279. The van der Waals surface area contributed by atoms with Gasteiger partial charge in [0.15, 0.2) is 6.17 Å². The molecule has 4 N–H and O–H groups in total. The Labute approximate surface area is 166 Å². The van der Waals surface area contributed by atoms with Gasteiger partial charge in [0.2, 0.25) is 11.8 Å². The zero-order chi connectivity index (χ0) is 21.9. The topological polar surface area (TPSA) is 139 Å². The predicted molar refractivity (Wildman–Crippen MR) is 94.9 cm³/mol. The average molecular weight is 422 g/mol. The number of halogens is 2. The van der Waals surface area contributed by atoms with Gasteiger partial charge in [0, 0.05) is 13.0 Å². The van der Waals surface area contributed by atoms with Crippen molar-refractivity contribution in [3.8, 4) is 0 Å². The van der Waals surface area contributed by atoms with Crippen LogP contribution in [-0.2, 0) is 20.9 Å². The molecule has 1 saturated heterocycles. The van der Waals surface area contributed by atoms with Crippen molar-refractivity contribution < 1.29 is 38.4 Å². The van der Waals surface area contributed by atoms with Gasteiger partial charge in [-0.1, -0.05) is 19.1 Å². The minimum atomic E-state index is -2.88. The molecule has 2 unspecified atom stereocenters. The molecule has 0 radical (unpaired) electrons. The molecule has 1 aromatic rings. The summed E-state index contributed by atoms with van der Waals surface area (Å²) in [5, 5.41) is 39.6. The van der Waals surface area contributed by atoms with Gasteiger partial charge in [0.05, 0.1) is 25.5 Å². The lowest BCUT2D eigenvalue weighted by Crippen LogP contribution is -2.67. The Bertz CT molecular complexity index is 689. The van der Waals surface area contributed by atoms with Crippen LogP contribution in [0.5, 0.6) is 0 Å². The molecule has 7 atom stereocenters. The van der Waals surface area contributed by atoms with Crippen LogP contribution < -0.4 is 5.32 Å². The molecule has 0 saturated carbocycles. The molecule has 12 heteroatoms. The van der Waals surface area contributed by atoms with Crippen LogP contribution in [0.4, 0.5) is 8.78 Å². The lowest BCUT2D eigenvalue weighted by Gasteiger charge is -2.47. The van der Waals surface area contributed by atoms with Gasteiger partial charge in [-0.3, -0.25) is 4.79 Å². The highest BCUT2D eigenvalue weighted by Crippen LogP contribution is 2.40. The predicted octanol–water partition coefficient (Wildman–Crippen LogP) is -0.757. The van der Waals surface area contributed by atoms with Crippen LogP contribution in [0.3, 0.4) is 0 Å². The van der Waals surface area contributed by atoms with Gasteiger partial charge in [-0.05, 0) is 6.92 Å². The van der Waals surface area contributed by atoms with Crippen molar-refractivity contribution >= 4 is 5.91 Å². The number of aliphatic hydroxyl groups is 3. The van der Waals surface area contributed by atoms with Crippen LogP contribution >= 0.6 is 0 Å². The maximum absolute atomic E-state index is 15.2. The fourth-order valence-corrected chi connectivity index (χ4v) is 3.17. The number of alkyl halides is 2. The monoisotopic (exact) mass is 422 g/mol. The molecule has 1 fully saturated rings. The van der Waals surface area contributed by atoms with Crippen molar-refractivity contribution in [3.05, 3.63) is 11.9 Å². The number of rotatable bonds is 8. The van der Waals surface area contributed by atoms with Gasteiger partial charge >= 0.3 is 0 Å².